The fraction of sp³-hybridized carbons (Fsp3) is 0.500. The summed E-state index contributed by atoms with van der Waals surface area (Å²) < 4.78 is 0. The zero-order valence-corrected chi connectivity index (χ0v) is 15.8. The molecular formula is C22H25N3O3. The predicted octanol–water partition coefficient (Wildman–Crippen LogP) is 2.31. The number of urea groups is 1. The average molecular weight is 379 g/mol. The van der Waals surface area contributed by atoms with Gasteiger partial charge in [-0.3, -0.25) is 14.9 Å². The fourth-order valence-corrected chi connectivity index (χ4v) is 5.48. The molecule has 2 heterocycles. The lowest BCUT2D eigenvalue weighted by Crippen LogP contribution is -2.57. The average Bonchev–Trinajstić information content (AvgIpc) is 3.40. The number of rotatable bonds is 3. The number of likely N-dealkylation sites (tertiary alicyclic amines) is 1. The lowest BCUT2D eigenvalue weighted by molar-refractivity contribution is -0.142. The van der Waals surface area contributed by atoms with Gasteiger partial charge in [-0.05, 0) is 43.1 Å². The van der Waals surface area contributed by atoms with Crippen LogP contribution in [0.15, 0.2) is 42.5 Å². The van der Waals surface area contributed by atoms with Gasteiger partial charge in [0.2, 0.25) is 5.91 Å². The van der Waals surface area contributed by atoms with E-state index >= 15 is 0 Å². The van der Waals surface area contributed by atoms with E-state index in [9.17, 15) is 14.4 Å². The number of hydrogen-bond acceptors (Lipinski definition) is 3. The van der Waals surface area contributed by atoms with Crippen LogP contribution >= 0.6 is 0 Å². The minimum atomic E-state index is -0.835. The van der Waals surface area contributed by atoms with E-state index in [1.165, 1.54) is 0 Å². The van der Waals surface area contributed by atoms with Crippen LogP contribution in [0.2, 0.25) is 0 Å². The standard InChI is InChI=1S/C22H25N3O3/c26-19(18-13-16-6-7-17(18)12-16)24-10-8-22(9-11-24)20(27)23-21(28)25(22)14-15-4-2-1-3-5-15/h1-7,16-18H,8-14H2,(H,23,27,28)/t16-,17+,18+/m1/s1. The number of imide groups is 1. The summed E-state index contributed by atoms with van der Waals surface area (Å²) in [7, 11) is 0. The summed E-state index contributed by atoms with van der Waals surface area (Å²) in [5.41, 5.74) is 0.164. The van der Waals surface area contributed by atoms with Gasteiger partial charge in [0, 0.05) is 25.6 Å². The van der Waals surface area contributed by atoms with Crippen molar-refractivity contribution in [2.75, 3.05) is 13.1 Å². The van der Waals surface area contributed by atoms with E-state index in [-0.39, 0.29) is 23.8 Å². The third-order valence-electron chi connectivity index (χ3n) is 7.09. The van der Waals surface area contributed by atoms with Gasteiger partial charge in [0.25, 0.3) is 5.91 Å². The van der Waals surface area contributed by atoms with Gasteiger partial charge in [0.1, 0.15) is 5.54 Å². The molecule has 1 N–H and O–H groups in total. The van der Waals surface area contributed by atoms with Crippen LogP contribution in [0.5, 0.6) is 0 Å². The van der Waals surface area contributed by atoms with Crippen molar-refractivity contribution in [1.82, 2.24) is 15.1 Å². The topological polar surface area (TPSA) is 69.7 Å². The molecule has 4 amide bonds. The van der Waals surface area contributed by atoms with Crippen molar-refractivity contribution in [2.24, 2.45) is 17.8 Å². The van der Waals surface area contributed by atoms with Gasteiger partial charge in [-0.1, -0.05) is 42.5 Å². The van der Waals surface area contributed by atoms with E-state index in [2.05, 4.69) is 17.5 Å². The number of nitrogens with zero attached hydrogens (tertiary/aromatic N) is 2. The molecule has 3 atom stereocenters. The highest BCUT2D eigenvalue weighted by Crippen LogP contribution is 2.45. The van der Waals surface area contributed by atoms with Crippen LogP contribution in [0.1, 0.15) is 31.2 Å². The molecule has 28 heavy (non-hydrogen) atoms. The smallest absolute Gasteiger partial charge is 0.325 e. The van der Waals surface area contributed by atoms with E-state index in [1.807, 2.05) is 35.2 Å². The summed E-state index contributed by atoms with van der Waals surface area (Å²) >= 11 is 0. The Kier molecular flexibility index (Phi) is 4.03. The summed E-state index contributed by atoms with van der Waals surface area (Å²) in [6.45, 7) is 1.47. The van der Waals surface area contributed by atoms with Crippen molar-refractivity contribution < 1.29 is 14.4 Å². The Labute approximate surface area is 164 Å². The van der Waals surface area contributed by atoms with Crippen molar-refractivity contribution in [3.05, 3.63) is 48.0 Å². The molecule has 1 aromatic rings. The Morgan fingerprint density at radius 3 is 2.46 bits per heavy atom. The van der Waals surface area contributed by atoms with E-state index in [1.54, 1.807) is 4.90 Å². The van der Waals surface area contributed by atoms with Gasteiger partial charge in [-0.2, -0.15) is 0 Å². The molecule has 6 nitrogen and oxygen atoms in total. The number of nitrogens with one attached hydrogen (secondary N) is 1. The second-order valence-electron chi connectivity index (χ2n) is 8.57. The molecule has 4 aliphatic rings. The first-order chi connectivity index (χ1) is 13.6. The molecule has 2 saturated heterocycles. The molecule has 2 aliphatic carbocycles. The quantitative estimate of drug-likeness (QED) is 0.647. The number of carbonyl (C=O) groups is 3. The summed E-state index contributed by atoms with van der Waals surface area (Å²) in [5, 5.41) is 2.50. The van der Waals surface area contributed by atoms with Crippen LogP contribution in [0.3, 0.4) is 0 Å². The molecule has 5 rings (SSSR count). The van der Waals surface area contributed by atoms with E-state index in [0.29, 0.717) is 44.3 Å². The third kappa shape index (κ3) is 2.65. The third-order valence-corrected chi connectivity index (χ3v) is 7.09. The highest BCUT2D eigenvalue weighted by atomic mass is 16.2. The van der Waals surface area contributed by atoms with Crippen molar-refractivity contribution in [1.29, 1.82) is 0 Å². The minimum Gasteiger partial charge on any atom is -0.342 e. The molecular weight excluding hydrogens is 354 g/mol. The molecule has 0 radical (unpaired) electrons. The van der Waals surface area contributed by atoms with Crippen LogP contribution < -0.4 is 5.32 Å². The van der Waals surface area contributed by atoms with E-state index < -0.39 is 5.54 Å². The van der Waals surface area contributed by atoms with Gasteiger partial charge in [-0.25, -0.2) is 4.79 Å². The molecule has 1 aromatic carbocycles. The van der Waals surface area contributed by atoms with Gasteiger partial charge in [0.05, 0.1) is 0 Å². The van der Waals surface area contributed by atoms with Crippen LogP contribution in [0.4, 0.5) is 4.79 Å². The van der Waals surface area contributed by atoms with Crippen LogP contribution in [0.25, 0.3) is 0 Å². The van der Waals surface area contributed by atoms with Crippen molar-refractivity contribution in [2.45, 2.75) is 37.8 Å². The maximum absolute atomic E-state index is 13.0. The summed E-state index contributed by atoms with van der Waals surface area (Å²) in [6.07, 6.45) is 7.51. The number of fused-ring (bicyclic) bond motifs is 2. The Morgan fingerprint density at radius 2 is 1.82 bits per heavy atom. The number of amides is 4. The van der Waals surface area contributed by atoms with Crippen LogP contribution in [-0.4, -0.2) is 46.3 Å². The highest BCUT2D eigenvalue weighted by molar-refractivity contribution is 6.07. The van der Waals surface area contributed by atoms with Crippen LogP contribution in [-0.2, 0) is 16.1 Å². The lowest BCUT2D eigenvalue weighted by Gasteiger charge is -2.43. The van der Waals surface area contributed by atoms with Crippen molar-refractivity contribution >= 4 is 17.8 Å². The zero-order chi connectivity index (χ0) is 19.3. The molecule has 1 spiro atoms. The first-order valence-corrected chi connectivity index (χ1v) is 10.2. The molecule has 2 bridgehead atoms. The van der Waals surface area contributed by atoms with Gasteiger partial charge < -0.3 is 9.80 Å². The van der Waals surface area contributed by atoms with Crippen LogP contribution in [0, 0.1) is 17.8 Å². The largest absolute Gasteiger partial charge is 0.342 e. The molecule has 6 heteroatoms. The predicted molar refractivity (Wildman–Crippen MR) is 103 cm³/mol. The molecule has 1 saturated carbocycles. The number of hydrogen-bond donors (Lipinski definition) is 1. The van der Waals surface area contributed by atoms with Gasteiger partial charge in [0.15, 0.2) is 0 Å². The highest BCUT2D eigenvalue weighted by Gasteiger charge is 2.54. The zero-order valence-electron chi connectivity index (χ0n) is 15.8. The summed E-state index contributed by atoms with van der Waals surface area (Å²) in [4.78, 5) is 41.8. The number of allylic oxidation sites excluding steroid dienone is 2. The SMILES string of the molecule is O=C([C@H]1C[C@@H]2C=C[C@H]1C2)N1CCC2(CC1)C(=O)NC(=O)N2Cc1ccccc1. The Hall–Kier alpha value is -2.63. The first-order valence-electron chi connectivity index (χ1n) is 10.2. The fourth-order valence-electron chi connectivity index (χ4n) is 5.48. The molecule has 146 valence electrons. The number of carbonyl (C=O) groups excluding carboxylic acids is 3. The Balaban J connectivity index is 1.30. The van der Waals surface area contributed by atoms with Gasteiger partial charge in [-0.15, -0.1) is 0 Å². The molecule has 0 aromatic heterocycles. The minimum absolute atomic E-state index is 0.100. The lowest BCUT2D eigenvalue weighted by atomic mass is 9.84. The number of benzene rings is 1. The van der Waals surface area contributed by atoms with Gasteiger partial charge >= 0.3 is 6.03 Å². The molecule has 3 fully saturated rings. The van der Waals surface area contributed by atoms with Crippen molar-refractivity contribution in [3.63, 3.8) is 0 Å². The maximum Gasteiger partial charge on any atom is 0.325 e. The first kappa shape index (κ1) is 17.5. The van der Waals surface area contributed by atoms with Crippen molar-refractivity contribution in [3.8, 4) is 0 Å². The number of piperidine rings is 1. The Bertz CT molecular complexity index is 842. The molecule has 0 unspecified atom stereocenters. The maximum atomic E-state index is 13.0. The molecule has 2 aliphatic heterocycles. The summed E-state index contributed by atoms with van der Waals surface area (Å²) in [5.74, 6) is 1.06. The monoisotopic (exact) mass is 379 g/mol. The normalized spacial score (nSPS) is 30.4. The Morgan fingerprint density at radius 1 is 1.07 bits per heavy atom. The second kappa shape index (κ2) is 6.47. The van der Waals surface area contributed by atoms with E-state index in [4.69, 9.17) is 0 Å². The summed E-state index contributed by atoms with van der Waals surface area (Å²) in [6, 6.07) is 9.40. The second-order valence-corrected chi connectivity index (χ2v) is 8.57. The van der Waals surface area contributed by atoms with E-state index in [0.717, 1.165) is 18.4 Å².